The normalized spacial score (nSPS) is 16.2. The number of amides is 1. The van der Waals surface area contributed by atoms with Crippen molar-refractivity contribution < 1.29 is 22.7 Å². The topological polar surface area (TPSA) is 84.0 Å². The van der Waals surface area contributed by atoms with Crippen molar-refractivity contribution in [2.24, 2.45) is 0 Å². The molecule has 0 bridgehead atoms. The Hall–Kier alpha value is -1.93. The number of benzene rings is 1. The van der Waals surface area contributed by atoms with Gasteiger partial charge < -0.3 is 9.64 Å². The van der Waals surface area contributed by atoms with Gasteiger partial charge in [0.15, 0.2) is 6.61 Å². The molecule has 7 nitrogen and oxygen atoms in total. The summed E-state index contributed by atoms with van der Waals surface area (Å²) in [6.45, 7) is 8.58. The number of carbonyl (C=O) groups is 2. The fourth-order valence-corrected chi connectivity index (χ4v) is 4.21. The van der Waals surface area contributed by atoms with E-state index in [9.17, 15) is 18.0 Å². The van der Waals surface area contributed by atoms with Gasteiger partial charge in [-0.2, -0.15) is 4.31 Å². The van der Waals surface area contributed by atoms with Crippen molar-refractivity contribution in [2.75, 3.05) is 32.8 Å². The minimum Gasteiger partial charge on any atom is -0.456 e. The molecule has 2 rings (SSSR count). The number of carbonyl (C=O) groups excluding carboxylic acids is 2. The van der Waals surface area contributed by atoms with Gasteiger partial charge >= 0.3 is 5.97 Å². The van der Waals surface area contributed by atoms with Gasteiger partial charge in [0, 0.05) is 32.6 Å². The third-order valence-corrected chi connectivity index (χ3v) is 6.51. The molecule has 1 aromatic carbocycles. The molecule has 8 heteroatoms. The molecule has 27 heavy (non-hydrogen) atoms. The number of piperazine rings is 1. The van der Waals surface area contributed by atoms with Crippen molar-refractivity contribution in [3.8, 4) is 0 Å². The van der Waals surface area contributed by atoms with E-state index in [4.69, 9.17) is 4.74 Å². The van der Waals surface area contributed by atoms with E-state index in [1.807, 2.05) is 12.1 Å². The van der Waals surface area contributed by atoms with Crippen molar-refractivity contribution in [1.82, 2.24) is 9.21 Å². The Labute approximate surface area is 161 Å². The summed E-state index contributed by atoms with van der Waals surface area (Å²) >= 11 is 0. The van der Waals surface area contributed by atoms with Crippen molar-refractivity contribution in [3.63, 3.8) is 0 Å². The van der Waals surface area contributed by atoms with E-state index < -0.39 is 16.0 Å². The average molecular weight is 397 g/mol. The second-order valence-corrected chi connectivity index (χ2v) is 9.51. The third-order valence-electron chi connectivity index (χ3n) is 4.59. The van der Waals surface area contributed by atoms with Crippen LogP contribution in [0.2, 0.25) is 0 Å². The molecule has 0 saturated carbocycles. The number of hydrogen-bond donors (Lipinski definition) is 0. The minimum atomic E-state index is -3.59. The number of nitrogens with zero attached hydrogens (tertiary/aromatic N) is 2. The molecular weight excluding hydrogens is 368 g/mol. The molecule has 0 aliphatic carbocycles. The molecule has 0 radical (unpaired) electrons. The number of sulfonamides is 1. The third kappa shape index (κ3) is 5.29. The van der Waals surface area contributed by atoms with Gasteiger partial charge in [0.25, 0.3) is 5.91 Å². The summed E-state index contributed by atoms with van der Waals surface area (Å²) in [7, 11) is -3.59. The number of esters is 1. The van der Waals surface area contributed by atoms with Crippen molar-refractivity contribution >= 4 is 21.9 Å². The molecular formula is C19H28N2O5S. The van der Waals surface area contributed by atoms with E-state index >= 15 is 0 Å². The van der Waals surface area contributed by atoms with E-state index in [0.29, 0.717) is 0 Å². The Morgan fingerprint density at radius 2 is 1.59 bits per heavy atom. The Morgan fingerprint density at radius 3 is 2.07 bits per heavy atom. The van der Waals surface area contributed by atoms with Crippen LogP contribution in [-0.4, -0.2) is 62.3 Å². The highest BCUT2D eigenvalue weighted by atomic mass is 32.2. The summed E-state index contributed by atoms with van der Waals surface area (Å²) < 4.78 is 31.9. The second kappa shape index (κ2) is 8.39. The molecule has 0 spiro atoms. The first-order chi connectivity index (χ1) is 12.6. The summed E-state index contributed by atoms with van der Waals surface area (Å²) in [4.78, 5) is 25.0. The molecule has 1 amide bonds. The van der Waals surface area contributed by atoms with Gasteiger partial charge in [-0.25, -0.2) is 8.42 Å². The zero-order valence-electron chi connectivity index (χ0n) is 16.4. The second-order valence-electron chi connectivity index (χ2n) is 7.57. The van der Waals surface area contributed by atoms with Crippen LogP contribution in [0.1, 0.15) is 39.7 Å². The zero-order chi connectivity index (χ0) is 20.2. The van der Waals surface area contributed by atoms with Crippen molar-refractivity contribution in [2.45, 2.75) is 44.4 Å². The Balaban J connectivity index is 1.98. The largest absolute Gasteiger partial charge is 0.456 e. The highest BCUT2D eigenvalue weighted by molar-refractivity contribution is 7.89. The van der Waals surface area contributed by atoms with Crippen molar-refractivity contribution in [1.29, 1.82) is 0 Å². The summed E-state index contributed by atoms with van der Waals surface area (Å²) in [5.74, 6) is -0.730. The summed E-state index contributed by atoms with van der Waals surface area (Å²) in [5.41, 5.74) is 1.02. The van der Waals surface area contributed by atoms with E-state index in [2.05, 4.69) is 20.8 Å². The van der Waals surface area contributed by atoms with Gasteiger partial charge in [-0.15, -0.1) is 0 Å². The molecule has 1 fully saturated rings. The quantitative estimate of drug-likeness (QED) is 0.708. The van der Waals surface area contributed by atoms with Crippen LogP contribution in [-0.2, 0) is 29.8 Å². The first kappa shape index (κ1) is 21.4. The molecule has 0 aromatic heterocycles. The molecule has 1 aliphatic rings. The van der Waals surface area contributed by atoms with Crippen LogP contribution in [0.3, 0.4) is 0 Å². The van der Waals surface area contributed by atoms with Crippen LogP contribution in [0.25, 0.3) is 0 Å². The lowest BCUT2D eigenvalue weighted by Crippen LogP contribution is -2.51. The van der Waals surface area contributed by atoms with Crippen LogP contribution < -0.4 is 0 Å². The van der Waals surface area contributed by atoms with E-state index in [0.717, 1.165) is 5.56 Å². The Kier molecular flexibility index (Phi) is 6.64. The summed E-state index contributed by atoms with van der Waals surface area (Å²) in [6.07, 6.45) is 0.216. The van der Waals surface area contributed by atoms with Crippen LogP contribution in [0, 0.1) is 0 Å². The minimum absolute atomic E-state index is 0.0461. The van der Waals surface area contributed by atoms with Gasteiger partial charge in [0.1, 0.15) is 0 Å². The van der Waals surface area contributed by atoms with Gasteiger partial charge in [-0.05, 0) is 23.1 Å². The molecule has 1 heterocycles. The predicted molar refractivity (Wildman–Crippen MR) is 102 cm³/mol. The molecule has 0 atom stereocenters. The number of rotatable bonds is 5. The lowest BCUT2D eigenvalue weighted by molar-refractivity contribution is -0.152. The number of ether oxygens (including phenoxy) is 1. The lowest BCUT2D eigenvalue weighted by atomic mass is 9.87. The van der Waals surface area contributed by atoms with Gasteiger partial charge in [0.2, 0.25) is 10.0 Å². The molecule has 1 saturated heterocycles. The van der Waals surface area contributed by atoms with E-state index in [1.54, 1.807) is 19.1 Å². The molecule has 150 valence electrons. The van der Waals surface area contributed by atoms with Crippen LogP contribution in [0.5, 0.6) is 0 Å². The van der Waals surface area contributed by atoms with Crippen molar-refractivity contribution in [3.05, 3.63) is 29.8 Å². The average Bonchev–Trinajstić information content (AvgIpc) is 2.65. The maximum atomic E-state index is 12.8. The Morgan fingerprint density at radius 1 is 1.04 bits per heavy atom. The van der Waals surface area contributed by atoms with E-state index in [1.165, 1.54) is 9.21 Å². The predicted octanol–water partition coefficient (Wildman–Crippen LogP) is 1.77. The van der Waals surface area contributed by atoms with E-state index in [-0.39, 0.29) is 55.4 Å². The highest BCUT2D eigenvalue weighted by Gasteiger charge is 2.30. The maximum absolute atomic E-state index is 12.8. The molecule has 0 N–H and O–H groups in total. The first-order valence-electron chi connectivity index (χ1n) is 9.10. The fraction of sp³-hybridized carbons (Fsp3) is 0.579. The maximum Gasteiger partial charge on any atom is 0.306 e. The van der Waals surface area contributed by atoms with Gasteiger partial charge in [-0.3, -0.25) is 9.59 Å². The number of hydrogen-bond acceptors (Lipinski definition) is 5. The highest BCUT2D eigenvalue weighted by Crippen LogP contribution is 2.25. The van der Waals surface area contributed by atoms with Crippen LogP contribution >= 0.6 is 0 Å². The SMILES string of the molecule is CCC(=O)OCC(=O)N1CCN(S(=O)(=O)c2ccc(C(C)(C)C)cc2)CC1. The van der Waals surface area contributed by atoms with Crippen LogP contribution in [0.4, 0.5) is 0 Å². The molecule has 1 aliphatic heterocycles. The fourth-order valence-electron chi connectivity index (χ4n) is 2.79. The lowest BCUT2D eigenvalue weighted by Gasteiger charge is -2.34. The zero-order valence-corrected chi connectivity index (χ0v) is 17.2. The monoisotopic (exact) mass is 396 g/mol. The van der Waals surface area contributed by atoms with Gasteiger partial charge in [0.05, 0.1) is 4.90 Å². The smallest absolute Gasteiger partial charge is 0.306 e. The van der Waals surface area contributed by atoms with Crippen LogP contribution in [0.15, 0.2) is 29.2 Å². The summed E-state index contributed by atoms with van der Waals surface area (Å²) in [6, 6.07) is 6.96. The first-order valence-corrected chi connectivity index (χ1v) is 10.5. The summed E-state index contributed by atoms with van der Waals surface area (Å²) in [5, 5.41) is 0. The molecule has 0 unspecified atom stereocenters. The molecule has 1 aromatic rings. The Bertz CT molecular complexity index is 773. The standard InChI is InChI=1S/C19H28N2O5S/c1-5-18(23)26-14-17(22)20-10-12-21(13-11-20)27(24,25)16-8-6-15(7-9-16)19(2,3)4/h6-9H,5,10-14H2,1-4H3. The van der Waals surface area contributed by atoms with Gasteiger partial charge in [-0.1, -0.05) is 39.8 Å².